The Hall–Kier alpha value is -1.29. The Kier molecular flexibility index (Phi) is 4.78. The van der Waals surface area contributed by atoms with Gasteiger partial charge in [-0.1, -0.05) is 0 Å². The van der Waals surface area contributed by atoms with Gasteiger partial charge in [-0.25, -0.2) is 4.79 Å². The van der Waals surface area contributed by atoms with E-state index in [1.165, 1.54) is 6.42 Å². The van der Waals surface area contributed by atoms with Crippen LogP contribution in [0, 0.1) is 29.6 Å². The molecular formula is C15H20F2O7S. The van der Waals surface area contributed by atoms with Gasteiger partial charge in [0.1, 0.15) is 13.2 Å². The first kappa shape index (κ1) is 18.5. The number of carbonyl (C=O) groups is 2. The van der Waals surface area contributed by atoms with E-state index in [2.05, 4.69) is 4.74 Å². The van der Waals surface area contributed by atoms with Crippen molar-refractivity contribution in [2.45, 2.75) is 37.4 Å². The van der Waals surface area contributed by atoms with Crippen molar-refractivity contribution in [3.63, 3.8) is 0 Å². The normalized spacial score (nSPS) is 34.0. The molecule has 4 saturated carbocycles. The smallest absolute Gasteiger partial charge is 0.462 e. The molecule has 0 unspecified atom stereocenters. The Labute approximate surface area is 143 Å². The predicted octanol–water partition coefficient (Wildman–Crippen LogP) is 1.63. The van der Waals surface area contributed by atoms with Gasteiger partial charge in [0.25, 0.3) is 0 Å². The molecule has 1 N–H and O–H groups in total. The highest BCUT2D eigenvalue weighted by molar-refractivity contribution is 7.87. The summed E-state index contributed by atoms with van der Waals surface area (Å²) >= 11 is 0. The minimum absolute atomic E-state index is 0.192. The van der Waals surface area contributed by atoms with Crippen LogP contribution in [0.15, 0.2) is 0 Å². The molecule has 25 heavy (non-hydrogen) atoms. The van der Waals surface area contributed by atoms with E-state index in [0.717, 1.165) is 25.7 Å². The number of rotatable bonds is 6. The van der Waals surface area contributed by atoms with Crippen LogP contribution in [0.4, 0.5) is 8.78 Å². The number of esters is 2. The van der Waals surface area contributed by atoms with Gasteiger partial charge >= 0.3 is 27.3 Å². The fourth-order valence-electron chi connectivity index (χ4n) is 4.87. The van der Waals surface area contributed by atoms with Crippen molar-refractivity contribution < 1.29 is 40.8 Å². The first-order chi connectivity index (χ1) is 11.6. The van der Waals surface area contributed by atoms with E-state index < -0.39 is 40.5 Å². The second-order valence-electron chi connectivity index (χ2n) is 7.25. The van der Waals surface area contributed by atoms with Crippen LogP contribution in [0.1, 0.15) is 32.1 Å². The minimum atomic E-state index is -5.90. The van der Waals surface area contributed by atoms with E-state index >= 15 is 0 Å². The summed E-state index contributed by atoms with van der Waals surface area (Å²) in [5, 5.41) is -5.04. The monoisotopic (exact) mass is 382 g/mol. The lowest BCUT2D eigenvalue weighted by Gasteiger charge is -2.53. The predicted molar refractivity (Wildman–Crippen MR) is 78.9 cm³/mol. The zero-order valence-electron chi connectivity index (χ0n) is 13.4. The van der Waals surface area contributed by atoms with E-state index in [1.807, 2.05) is 0 Å². The Balaban J connectivity index is 1.45. The molecule has 0 aliphatic heterocycles. The maximum Gasteiger partial charge on any atom is 0.465 e. The van der Waals surface area contributed by atoms with Gasteiger partial charge in [-0.15, -0.1) is 0 Å². The lowest BCUT2D eigenvalue weighted by molar-refractivity contribution is -0.170. The van der Waals surface area contributed by atoms with E-state index in [4.69, 9.17) is 9.29 Å². The van der Waals surface area contributed by atoms with Gasteiger partial charge in [0.05, 0.1) is 5.92 Å². The maximum atomic E-state index is 13.0. The van der Waals surface area contributed by atoms with Crippen molar-refractivity contribution in [2.75, 3.05) is 13.2 Å². The quantitative estimate of drug-likeness (QED) is 0.423. The SMILES string of the molecule is O=C(OCCOC(=O)C(F)(F)S(=O)(=O)O)C1C2CC3CC(C2)CC1C3. The van der Waals surface area contributed by atoms with Crippen molar-refractivity contribution in [2.24, 2.45) is 29.6 Å². The Morgan fingerprint density at radius 1 is 0.960 bits per heavy atom. The highest BCUT2D eigenvalue weighted by Gasteiger charge is 2.54. The first-order valence-electron chi connectivity index (χ1n) is 8.28. The molecule has 142 valence electrons. The van der Waals surface area contributed by atoms with E-state index in [9.17, 15) is 26.8 Å². The van der Waals surface area contributed by atoms with E-state index in [0.29, 0.717) is 23.7 Å². The molecule has 0 aromatic heterocycles. The van der Waals surface area contributed by atoms with Crippen molar-refractivity contribution >= 4 is 22.1 Å². The third-order valence-electron chi connectivity index (χ3n) is 5.62. The molecule has 4 bridgehead atoms. The molecule has 0 amide bonds. The van der Waals surface area contributed by atoms with Crippen LogP contribution in [-0.2, 0) is 29.2 Å². The summed E-state index contributed by atoms with van der Waals surface area (Å²) in [6, 6.07) is 0. The number of hydrogen-bond acceptors (Lipinski definition) is 6. The molecule has 0 radical (unpaired) electrons. The van der Waals surface area contributed by atoms with E-state index in [1.54, 1.807) is 0 Å². The van der Waals surface area contributed by atoms with Gasteiger partial charge in [-0.05, 0) is 55.8 Å². The fourth-order valence-corrected chi connectivity index (χ4v) is 5.14. The Morgan fingerprint density at radius 3 is 1.92 bits per heavy atom. The van der Waals surface area contributed by atoms with Crippen LogP contribution >= 0.6 is 0 Å². The molecule has 4 aliphatic carbocycles. The largest absolute Gasteiger partial charge is 0.465 e. The molecule has 7 nitrogen and oxygen atoms in total. The van der Waals surface area contributed by atoms with Crippen LogP contribution in [0.25, 0.3) is 0 Å². The molecular weight excluding hydrogens is 362 g/mol. The lowest BCUT2D eigenvalue weighted by Crippen LogP contribution is -2.48. The topological polar surface area (TPSA) is 107 Å². The second-order valence-corrected chi connectivity index (χ2v) is 8.71. The van der Waals surface area contributed by atoms with Crippen LogP contribution < -0.4 is 0 Å². The molecule has 0 heterocycles. The molecule has 0 aromatic carbocycles. The molecule has 0 saturated heterocycles. The van der Waals surface area contributed by atoms with Gasteiger partial charge in [0, 0.05) is 0 Å². The van der Waals surface area contributed by atoms with Crippen molar-refractivity contribution in [1.29, 1.82) is 0 Å². The van der Waals surface area contributed by atoms with Crippen molar-refractivity contribution in [3.05, 3.63) is 0 Å². The van der Waals surface area contributed by atoms with Crippen molar-refractivity contribution in [3.8, 4) is 0 Å². The van der Waals surface area contributed by atoms with Crippen molar-refractivity contribution in [1.82, 2.24) is 0 Å². The third-order valence-corrected chi connectivity index (χ3v) is 6.44. The number of halogens is 2. The van der Waals surface area contributed by atoms with Crippen LogP contribution in [0.3, 0.4) is 0 Å². The fraction of sp³-hybridized carbons (Fsp3) is 0.867. The highest BCUT2D eigenvalue weighted by atomic mass is 32.2. The molecule has 4 fully saturated rings. The summed E-state index contributed by atoms with van der Waals surface area (Å²) in [6.45, 7) is -1.14. The van der Waals surface area contributed by atoms with Crippen LogP contribution in [0.5, 0.6) is 0 Å². The van der Waals surface area contributed by atoms with Gasteiger partial charge < -0.3 is 9.47 Å². The molecule has 10 heteroatoms. The maximum absolute atomic E-state index is 13.0. The van der Waals surface area contributed by atoms with Gasteiger partial charge in [-0.3, -0.25) is 9.35 Å². The van der Waals surface area contributed by atoms with Gasteiger partial charge in [0.2, 0.25) is 0 Å². The summed E-state index contributed by atoms with van der Waals surface area (Å²) in [6.07, 6.45) is 5.31. The first-order valence-corrected chi connectivity index (χ1v) is 9.72. The highest BCUT2D eigenvalue weighted by Crippen LogP contribution is 2.56. The molecule has 0 spiro atoms. The molecule has 0 aromatic rings. The zero-order chi connectivity index (χ0) is 18.4. The number of hydrogen-bond donors (Lipinski definition) is 1. The van der Waals surface area contributed by atoms with Gasteiger partial charge in [-0.2, -0.15) is 17.2 Å². The molecule has 4 rings (SSSR count). The summed E-state index contributed by atoms with van der Waals surface area (Å²) in [4.78, 5) is 23.3. The average Bonchev–Trinajstić information content (AvgIpc) is 2.49. The summed E-state index contributed by atoms with van der Waals surface area (Å²) in [7, 11) is -5.90. The van der Waals surface area contributed by atoms with Crippen LogP contribution in [-0.4, -0.2) is 43.4 Å². The van der Waals surface area contributed by atoms with Gasteiger partial charge in [0.15, 0.2) is 0 Å². The number of ether oxygens (including phenoxy) is 2. The lowest BCUT2D eigenvalue weighted by atomic mass is 9.52. The number of alkyl halides is 2. The molecule has 0 atom stereocenters. The third kappa shape index (κ3) is 3.51. The number of carbonyl (C=O) groups excluding carboxylic acids is 2. The zero-order valence-corrected chi connectivity index (χ0v) is 14.2. The summed E-state index contributed by atoms with van der Waals surface area (Å²) in [5.74, 6) is -1.02. The minimum Gasteiger partial charge on any atom is -0.462 e. The summed E-state index contributed by atoms with van der Waals surface area (Å²) < 4.78 is 64.2. The summed E-state index contributed by atoms with van der Waals surface area (Å²) in [5.41, 5.74) is 0. The standard InChI is InChI=1S/C15H20F2O7S/c16-15(17,25(20,21)22)14(19)24-2-1-23-13(18)12-10-4-8-3-9(6-10)7-11(12)5-8/h8-12H,1-7H2,(H,20,21,22). The molecule has 4 aliphatic rings. The van der Waals surface area contributed by atoms with E-state index in [-0.39, 0.29) is 5.92 Å². The Morgan fingerprint density at radius 2 is 1.44 bits per heavy atom. The van der Waals surface area contributed by atoms with Crippen LogP contribution in [0.2, 0.25) is 0 Å². The Bertz CT molecular complexity index is 633. The average molecular weight is 382 g/mol. The second kappa shape index (κ2) is 6.46.